The lowest BCUT2D eigenvalue weighted by Gasteiger charge is -2.15. The van der Waals surface area contributed by atoms with Crippen molar-refractivity contribution in [3.8, 4) is 0 Å². The van der Waals surface area contributed by atoms with Crippen LogP contribution in [0.25, 0.3) is 0 Å². The van der Waals surface area contributed by atoms with E-state index in [1.54, 1.807) is 31.2 Å². The molecular formula is C18H19F3N4O4S. The summed E-state index contributed by atoms with van der Waals surface area (Å²) in [4.78, 5) is 22.2. The Labute approximate surface area is 170 Å². The number of rotatable bonds is 7. The molecule has 0 radical (unpaired) electrons. The van der Waals surface area contributed by atoms with Crippen molar-refractivity contribution in [2.45, 2.75) is 24.0 Å². The summed E-state index contributed by atoms with van der Waals surface area (Å²) in [5.74, 6) is -0.683. The van der Waals surface area contributed by atoms with Gasteiger partial charge in [0.25, 0.3) is 0 Å². The molecule has 0 fully saturated rings. The van der Waals surface area contributed by atoms with Crippen LogP contribution in [0.15, 0.2) is 53.4 Å². The lowest BCUT2D eigenvalue weighted by Crippen LogP contribution is -2.38. The molecule has 0 aliphatic heterocycles. The highest BCUT2D eigenvalue weighted by atomic mass is 32.2. The molecule has 0 aliphatic carbocycles. The highest BCUT2D eigenvalue weighted by molar-refractivity contribution is 7.89. The molecule has 0 spiro atoms. The van der Waals surface area contributed by atoms with Gasteiger partial charge in [-0.05, 0) is 42.8 Å². The number of urea groups is 1. The Morgan fingerprint density at radius 3 is 2.30 bits per heavy atom. The molecule has 0 aliphatic rings. The first-order valence-electron chi connectivity index (χ1n) is 8.51. The molecule has 5 N–H and O–H groups in total. The van der Waals surface area contributed by atoms with E-state index in [2.05, 4.69) is 10.6 Å². The maximum atomic E-state index is 12.8. The molecule has 0 heterocycles. The van der Waals surface area contributed by atoms with E-state index < -0.39 is 51.2 Å². The Kier molecular flexibility index (Phi) is 7.05. The smallest absolute Gasteiger partial charge is 0.351 e. The quantitative estimate of drug-likeness (QED) is 0.522. The highest BCUT2D eigenvalue weighted by Gasteiger charge is 2.31. The number of nitrogens with two attached hydrogens (primary N) is 1. The SMILES string of the molecule is CC(NC(=O)CNS(=O)(=O)c1cccc(C(F)(F)F)c1)c1ccc(NC(N)=O)cc1. The second-order valence-corrected chi connectivity index (χ2v) is 8.02. The summed E-state index contributed by atoms with van der Waals surface area (Å²) < 4.78 is 64.6. The van der Waals surface area contributed by atoms with E-state index in [0.29, 0.717) is 17.3 Å². The number of nitrogens with one attached hydrogen (secondary N) is 3. The van der Waals surface area contributed by atoms with Crippen molar-refractivity contribution in [1.82, 2.24) is 10.0 Å². The molecule has 0 saturated carbocycles. The minimum Gasteiger partial charge on any atom is -0.351 e. The first-order chi connectivity index (χ1) is 13.9. The van der Waals surface area contributed by atoms with Crippen LogP contribution in [0.3, 0.4) is 0 Å². The number of benzene rings is 2. The molecule has 2 aromatic carbocycles. The third kappa shape index (κ3) is 6.46. The first-order valence-corrected chi connectivity index (χ1v) is 9.99. The van der Waals surface area contributed by atoms with E-state index in [1.807, 2.05) is 4.72 Å². The van der Waals surface area contributed by atoms with Crippen molar-refractivity contribution in [1.29, 1.82) is 0 Å². The number of alkyl halides is 3. The van der Waals surface area contributed by atoms with E-state index in [4.69, 9.17) is 5.73 Å². The number of sulfonamides is 1. The first kappa shape index (κ1) is 23.2. The second kappa shape index (κ2) is 9.13. The van der Waals surface area contributed by atoms with Crippen molar-refractivity contribution in [3.63, 3.8) is 0 Å². The van der Waals surface area contributed by atoms with Crippen molar-refractivity contribution in [2.75, 3.05) is 11.9 Å². The fraction of sp³-hybridized carbons (Fsp3) is 0.222. The molecule has 3 amide bonds. The van der Waals surface area contributed by atoms with E-state index in [-0.39, 0.29) is 0 Å². The van der Waals surface area contributed by atoms with Crippen LogP contribution in [0, 0.1) is 0 Å². The molecule has 2 aromatic rings. The zero-order valence-corrected chi connectivity index (χ0v) is 16.5. The highest BCUT2D eigenvalue weighted by Crippen LogP contribution is 2.30. The molecule has 0 aromatic heterocycles. The monoisotopic (exact) mass is 444 g/mol. The molecule has 2 rings (SSSR count). The maximum Gasteiger partial charge on any atom is 0.416 e. The maximum absolute atomic E-state index is 12.8. The molecule has 12 heteroatoms. The van der Waals surface area contributed by atoms with Gasteiger partial charge >= 0.3 is 12.2 Å². The number of halogens is 3. The summed E-state index contributed by atoms with van der Waals surface area (Å²) in [6, 6.07) is 8.37. The number of hydrogen-bond acceptors (Lipinski definition) is 4. The summed E-state index contributed by atoms with van der Waals surface area (Å²) in [5, 5.41) is 4.94. The predicted molar refractivity (Wildman–Crippen MR) is 103 cm³/mol. The van der Waals surface area contributed by atoms with Gasteiger partial charge in [-0.3, -0.25) is 4.79 Å². The van der Waals surface area contributed by atoms with Gasteiger partial charge in [-0.15, -0.1) is 0 Å². The largest absolute Gasteiger partial charge is 0.416 e. The average Bonchev–Trinajstić information content (AvgIpc) is 2.66. The van der Waals surface area contributed by atoms with Gasteiger partial charge in [0.1, 0.15) is 0 Å². The van der Waals surface area contributed by atoms with Crippen LogP contribution in [-0.4, -0.2) is 26.9 Å². The molecule has 1 unspecified atom stereocenters. The standard InChI is InChI=1S/C18H19F3N4O4S/c1-11(12-5-7-14(8-6-12)25-17(22)27)24-16(26)10-23-30(28,29)15-4-2-3-13(9-15)18(19,20)21/h2-9,11,23H,10H2,1H3,(H,24,26)(H3,22,25,27). The van der Waals surface area contributed by atoms with Gasteiger partial charge in [0.15, 0.2) is 0 Å². The summed E-state index contributed by atoms with van der Waals surface area (Å²) in [7, 11) is -4.32. The van der Waals surface area contributed by atoms with Gasteiger partial charge in [0.2, 0.25) is 15.9 Å². The van der Waals surface area contributed by atoms with Crippen molar-refractivity contribution in [3.05, 3.63) is 59.7 Å². The summed E-state index contributed by atoms with van der Waals surface area (Å²) in [6.45, 7) is 0.986. The van der Waals surface area contributed by atoms with E-state index in [0.717, 1.165) is 18.2 Å². The summed E-state index contributed by atoms with van der Waals surface area (Å²) in [6.07, 6.45) is -4.69. The van der Waals surface area contributed by atoms with Crippen molar-refractivity contribution >= 4 is 27.6 Å². The fourth-order valence-corrected chi connectivity index (χ4v) is 3.48. The predicted octanol–water partition coefficient (Wildman–Crippen LogP) is 2.35. The number of carbonyl (C=O) groups excluding carboxylic acids is 2. The Morgan fingerprint density at radius 1 is 1.10 bits per heavy atom. The Bertz CT molecular complexity index is 1020. The minimum atomic E-state index is -4.69. The number of amides is 3. The summed E-state index contributed by atoms with van der Waals surface area (Å²) >= 11 is 0. The number of carbonyl (C=O) groups is 2. The van der Waals surface area contributed by atoms with Gasteiger partial charge in [-0.2, -0.15) is 13.2 Å². The van der Waals surface area contributed by atoms with Crippen molar-refractivity contribution in [2.24, 2.45) is 5.73 Å². The van der Waals surface area contributed by atoms with Gasteiger partial charge in [-0.25, -0.2) is 17.9 Å². The van der Waals surface area contributed by atoms with Gasteiger partial charge < -0.3 is 16.4 Å². The molecule has 162 valence electrons. The molecule has 1 atom stereocenters. The zero-order valence-electron chi connectivity index (χ0n) is 15.7. The van der Waals surface area contributed by atoms with Crippen LogP contribution >= 0.6 is 0 Å². The van der Waals surface area contributed by atoms with Crippen LogP contribution in [0.1, 0.15) is 24.1 Å². The van der Waals surface area contributed by atoms with E-state index in [9.17, 15) is 31.2 Å². The Morgan fingerprint density at radius 2 is 1.73 bits per heavy atom. The van der Waals surface area contributed by atoms with Gasteiger partial charge in [0.05, 0.1) is 23.0 Å². The lowest BCUT2D eigenvalue weighted by atomic mass is 10.1. The molecule has 0 bridgehead atoms. The van der Waals surface area contributed by atoms with Crippen LogP contribution in [0.5, 0.6) is 0 Å². The Balaban J connectivity index is 1.97. The third-order valence-electron chi connectivity index (χ3n) is 3.95. The minimum absolute atomic E-state index is 0.457. The van der Waals surface area contributed by atoms with Crippen LogP contribution in [0.4, 0.5) is 23.7 Å². The molecular weight excluding hydrogens is 425 g/mol. The Hall–Kier alpha value is -3.12. The molecule has 0 saturated heterocycles. The third-order valence-corrected chi connectivity index (χ3v) is 5.35. The van der Waals surface area contributed by atoms with Crippen LogP contribution < -0.4 is 21.1 Å². The van der Waals surface area contributed by atoms with Crippen LogP contribution in [-0.2, 0) is 21.0 Å². The molecule has 30 heavy (non-hydrogen) atoms. The number of primary amides is 1. The number of hydrogen-bond donors (Lipinski definition) is 4. The van der Waals surface area contributed by atoms with Crippen LogP contribution in [0.2, 0.25) is 0 Å². The summed E-state index contributed by atoms with van der Waals surface area (Å²) in [5.41, 5.74) is 5.02. The number of anilines is 1. The zero-order chi connectivity index (χ0) is 22.5. The van der Waals surface area contributed by atoms with Gasteiger partial charge in [-0.1, -0.05) is 18.2 Å². The normalized spacial score (nSPS) is 12.8. The second-order valence-electron chi connectivity index (χ2n) is 6.25. The fourth-order valence-electron chi connectivity index (χ4n) is 2.46. The van der Waals surface area contributed by atoms with E-state index >= 15 is 0 Å². The van der Waals surface area contributed by atoms with E-state index in [1.165, 1.54) is 0 Å². The molecule has 8 nitrogen and oxygen atoms in total. The van der Waals surface area contributed by atoms with Crippen molar-refractivity contribution < 1.29 is 31.2 Å². The topological polar surface area (TPSA) is 130 Å². The van der Waals surface area contributed by atoms with Gasteiger partial charge in [0, 0.05) is 5.69 Å². The lowest BCUT2D eigenvalue weighted by molar-refractivity contribution is -0.137. The average molecular weight is 444 g/mol.